The Hall–Kier alpha value is -1.06. The molecule has 0 fully saturated rings. The van der Waals surface area contributed by atoms with Crippen LogP contribution >= 0.6 is 0 Å². The zero-order valence-electron chi connectivity index (χ0n) is 11.3. The number of nitrogens with one attached hydrogen (secondary N) is 1. The zero-order valence-corrected chi connectivity index (χ0v) is 11.3. The van der Waals surface area contributed by atoms with Gasteiger partial charge in [0.1, 0.15) is 5.75 Å². The predicted octanol–water partition coefficient (Wildman–Crippen LogP) is 2.26. The molecule has 0 radical (unpaired) electrons. The van der Waals surface area contributed by atoms with Crippen LogP contribution in [0.3, 0.4) is 0 Å². The summed E-state index contributed by atoms with van der Waals surface area (Å²) in [6.07, 6.45) is 2.82. The first kappa shape index (κ1) is 13.4. The summed E-state index contributed by atoms with van der Waals surface area (Å²) in [4.78, 5) is 0. The molecule has 18 heavy (non-hydrogen) atoms. The third kappa shape index (κ3) is 3.03. The molecule has 1 aromatic carbocycles. The second-order valence-electron chi connectivity index (χ2n) is 5.28. The predicted molar refractivity (Wildman–Crippen MR) is 72.9 cm³/mol. The van der Waals surface area contributed by atoms with E-state index in [1.165, 1.54) is 11.1 Å². The van der Waals surface area contributed by atoms with Gasteiger partial charge in [0.15, 0.2) is 0 Å². The maximum Gasteiger partial charge on any atom is 0.122 e. The highest BCUT2D eigenvalue weighted by Crippen LogP contribution is 2.26. The molecule has 3 nitrogen and oxygen atoms in total. The number of hydrogen-bond donors (Lipinski definition) is 2. The number of hydrogen-bond acceptors (Lipinski definition) is 3. The summed E-state index contributed by atoms with van der Waals surface area (Å²) in [5, 5.41) is 12.7. The van der Waals surface area contributed by atoms with Crippen molar-refractivity contribution in [2.75, 3.05) is 13.2 Å². The van der Waals surface area contributed by atoms with Crippen molar-refractivity contribution in [2.45, 2.75) is 45.2 Å². The van der Waals surface area contributed by atoms with Crippen LogP contribution in [0, 0.1) is 0 Å². The zero-order chi connectivity index (χ0) is 13.0. The molecule has 0 saturated carbocycles. The van der Waals surface area contributed by atoms with E-state index in [0.29, 0.717) is 0 Å². The van der Waals surface area contributed by atoms with E-state index in [4.69, 9.17) is 9.84 Å². The lowest BCUT2D eigenvalue weighted by Gasteiger charge is -2.29. The molecule has 2 N–H and O–H groups in total. The minimum Gasteiger partial charge on any atom is -0.493 e. The second-order valence-corrected chi connectivity index (χ2v) is 5.28. The number of aliphatic hydroxyl groups excluding tert-OH is 1. The van der Waals surface area contributed by atoms with Gasteiger partial charge in [0.25, 0.3) is 0 Å². The van der Waals surface area contributed by atoms with Gasteiger partial charge in [-0.3, -0.25) is 0 Å². The largest absolute Gasteiger partial charge is 0.493 e. The number of ether oxygens (including phenoxy) is 1. The fraction of sp³-hybridized carbons (Fsp3) is 0.600. The molecule has 1 aromatic rings. The maximum atomic E-state index is 9.10. The van der Waals surface area contributed by atoms with Gasteiger partial charge in [0.2, 0.25) is 0 Å². The lowest BCUT2D eigenvalue weighted by Crippen LogP contribution is -2.42. The number of fused-ring (bicyclic) bond motifs is 1. The lowest BCUT2D eigenvalue weighted by atomic mass is 9.94. The van der Waals surface area contributed by atoms with Crippen molar-refractivity contribution in [3.8, 4) is 5.75 Å². The van der Waals surface area contributed by atoms with Crippen LogP contribution in [-0.4, -0.2) is 23.9 Å². The number of benzene rings is 1. The van der Waals surface area contributed by atoms with E-state index in [1.807, 2.05) is 0 Å². The molecule has 1 aliphatic rings. The second kappa shape index (κ2) is 5.72. The first-order chi connectivity index (χ1) is 8.67. The summed E-state index contributed by atoms with van der Waals surface area (Å²) in [7, 11) is 0. The van der Waals surface area contributed by atoms with E-state index in [2.05, 4.69) is 37.4 Å². The highest BCUT2D eigenvalue weighted by Gasteiger charge is 2.20. The molecule has 1 heterocycles. The Labute approximate surface area is 109 Å². The van der Waals surface area contributed by atoms with Crippen LogP contribution in [0.4, 0.5) is 0 Å². The van der Waals surface area contributed by atoms with Gasteiger partial charge in [-0.25, -0.2) is 0 Å². The lowest BCUT2D eigenvalue weighted by molar-refractivity contribution is 0.214. The van der Waals surface area contributed by atoms with Gasteiger partial charge < -0.3 is 15.2 Å². The summed E-state index contributed by atoms with van der Waals surface area (Å²) >= 11 is 0. The summed E-state index contributed by atoms with van der Waals surface area (Å²) < 4.78 is 5.51. The Kier molecular flexibility index (Phi) is 4.25. The SMILES string of the molecule is CCC(C)(CCO)NCc1ccc2c(c1)CCO2. The van der Waals surface area contributed by atoms with Gasteiger partial charge in [-0.05, 0) is 37.0 Å². The Morgan fingerprint density at radius 3 is 3.00 bits per heavy atom. The molecule has 100 valence electrons. The van der Waals surface area contributed by atoms with Gasteiger partial charge in [-0.1, -0.05) is 19.1 Å². The quantitative estimate of drug-likeness (QED) is 0.812. The number of rotatable bonds is 6. The Morgan fingerprint density at radius 2 is 2.28 bits per heavy atom. The summed E-state index contributed by atoms with van der Waals surface area (Å²) in [6, 6.07) is 6.41. The standard InChI is InChI=1S/C15H23NO2/c1-3-15(2,7-8-17)16-11-12-4-5-14-13(10-12)6-9-18-14/h4-5,10,16-17H,3,6-9,11H2,1-2H3. The minimum absolute atomic E-state index is 0.0181. The van der Waals surface area contributed by atoms with Crippen molar-refractivity contribution in [1.82, 2.24) is 5.32 Å². The van der Waals surface area contributed by atoms with E-state index in [-0.39, 0.29) is 12.1 Å². The van der Waals surface area contributed by atoms with Gasteiger partial charge in [0, 0.05) is 25.1 Å². The average molecular weight is 249 g/mol. The van der Waals surface area contributed by atoms with Crippen LogP contribution < -0.4 is 10.1 Å². The van der Waals surface area contributed by atoms with E-state index in [1.54, 1.807) is 0 Å². The fourth-order valence-corrected chi connectivity index (χ4v) is 2.30. The Balaban J connectivity index is 1.97. The third-order valence-electron chi connectivity index (χ3n) is 3.92. The molecule has 1 atom stereocenters. The van der Waals surface area contributed by atoms with E-state index in [0.717, 1.165) is 38.2 Å². The molecule has 3 heteroatoms. The van der Waals surface area contributed by atoms with Crippen molar-refractivity contribution >= 4 is 0 Å². The van der Waals surface area contributed by atoms with Crippen LogP contribution in [0.2, 0.25) is 0 Å². The van der Waals surface area contributed by atoms with Crippen LogP contribution in [0.25, 0.3) is 0 Å². The Bertz CT molecular complexity index is 405. The summed E-state index contributed by atoms with van der Waals surface area (Å²) in [5.41, 5.74) is 2.62. The molecular formula is C15H23NO2. The molecule has 1 aliphatic heterocycles. The molecule has 0 amide bonds. The highest BCUT2D eigenvalue weighted by atomic mass is 16.5. The van der Waals surface area contributed by atoms with Gasteiger partial charge >= 0.3 is 0 Å². The molecule has 2 rings (SSSR count). The van der Waals surface area contributed by atoms with Crippen LogP contribution in [0.5, 0.6) is 5.75 Å². The minimum atomic E-state index is 0.0181. The normalized spacial score (nSPS) is 17.1. The van der Waals surface area contributed by atoms with Crippen molar-refractivity contribution in [1.29, 1.82) is 0 Å². The van der Waals surface area contributed by atoms with Crippen LogP contribution in [0.1, 0.15) is 37.8 Å². The van der Waals surface area contributed by atoms with Gasteiger partial charge in [-0.2, -0.15) is 0 Å². The van der Waals surface area contributed by atoms with Gasteiger partial charge in [-0.15, -0.1) is 0 Å². The maximum absolute atomic E-state index is 9.10. The van der Waals surface area contributed by atoms with Gasteiger partial charge in [0.05, 0.1) is 6.61 Å². The van der Waals surface area contributed by atoms with Crippen molar-refractivity contribution in [3.63, 3.8) is 0 Å². The molecule has 0 saturated heterocycles. The average Bonchev–Trinajstić information content (AvgIpc) is 2.84. The summed E-state index contributed by atoms with van der Waals surface area (Å²) in [6.45, 7) is 6.20. The highest BCUT2D eigenvalue weighted by molar-refractivity contribution is 5.39. The monoisotopic (exact) mass is 249 g/mol. The van der Waals surface area contributed by atoms with E-state index < -0.39 is 0 Å². The first-order valence-corrected chi connectivity index (χ1v) is 6.77. The molecule has 0 aromatic heterocycles. The van der Waals surface area contributed by atoms with E-state index in [9.17, 15) is 0 Å². The number of aliphatic hydroxyl groups is 1. The van der Waals surface area contributed by atoms with Crippen molar-refractivity contribution < 1.29 is 9.84 Å². The van der Waals surface area contributed by atoms with Crippen LogP contribution in [-0.2, 0) is 13.0 Å². The molecule has 0 bridgehead atoms. The fourth-order valence-electron chi connectivity index (χ4n) is 2.30. The van der Waals surface area contributed by atoms with Crippen LogP contribution in [0.15, 0.2) is 18.2 Å². The van der Waals surface area contributed by atoms with E-state index >= 15 is 0 Å². The molecular weight excluding hydrogens is 226 g/mol. The van der Waals surface area contributed by atoms with Crippen molar-refractivity contribution in [3.05, 3.63) is 29.3 Å². The Morgan fingerprint density at radius 1 is 1.44 bits per heavy atom. The summed E-state index contributed by atoms with van der Waals surface area (Å²) in [5.74, 6) is 1.03. The molecule has 0 spiro atoms. The van der Waals surface area contributed by atoms with Crippen molar-refractivity contribution in [2.24, 2.45) is 0 Å². The molecule has 0 aliphatic carbocycles. The third-order valence-corrected chi connectivity index (χ3v) is 3.92. The topological polar surface area (TPSA) is 41.5 Å². The smallest absolute Gasteiger partial charge is 0.122 e. The molecule has 1 unspecified atom stereocenters. The first-order valence-electron chi connectivity index (χ1n) is 6.77.